The molecule has 2 amide bonds. The Kier molecular flexibility index (Phi) is 12.1. The van der Waals surface area contributed by atoms with E-state index < -0.39 is 30.1 Å². The van der Waals surface area contributed by atoms with E-state index in [1.54, 1.807) is 0 Å². The van der Waals surface area contributed by atoms with Gasteiger partial charge in [0.05, 0.1) is 19.8 Å². The molecule has 3 aromatic carbocycles. The van der Waals surface area contributed by atoms with Crippen molar-refractivity contribution in [2.45, 2.75) is 104 Å². The van der Waals surface area contributed by atoms with E-state index in [1.165, 1.54) is 36.1 Å². The van der Waals surface area contributed by atoms with Gasteiger partial charge >= 0.3 is 12.1 Å². The zero-order valence-corrected chi connectivity index (χ0v) is 30.1. The number of hydrogen-bond acceptors (Lipinski definition) is 6. The van der Waals surface area contributed by atoms with Gasteiger partial charge in [0.1, 0.15) is 29.3 Å². The zero-order valence-electron chi connectivity index (χ0n) is 30.1. The number of ether oxygens (including phenoxy) is 3. The highest BCUT2D eigenvalue weighted by molar-refractivity contribution is 5.90. The van der Waals surface area contributed by atoms with Crippen LogP contribution in [-0.4, -0.2) is 53.3 Å². The largest absolute Gasteiger partial charge is 0.494 e. The topological polar surface area (TPSA) is 114 Å². The number of carbonyl (C=O) groups excluding carboxylic acids is 2. The second kappa shape index (κ2) is 16.5. The van der Waals surface area contributed by atoms with Gasteiger partial charge in [0, 0.05) is 12.8 Å². The molecule has 9 heteroatoms. The van der Waals surface area contributed by atoms with Crippen LogP contribution in [0.5, 0.6) is 17.2 Å². The van der Waals surface area contributed by atoms with Crippen LogP contribution >= 0.6 is 0 Å². The summed E-state index contributed by atoms with van der Waals surface area (Å²) >= 11 is 0. The molecule has 50 heavy (non-hydrogen) atoms. The number of nitrogens with zero attached hydrogens (tertiary/aromatic N) is 1. The summed E-state index contributed by atoms with van der Waals surface area (Å²) in [5.41, 5.74) is 3.69. The Morgan fingerprint density at radius 2 is 1.56 bits per heavy atom. The minimum Gasteiger partial charge on any atom is -0.494 e. The van der Waals surface area contributed by atoms with Gasteiger partial charge < -0.3 is 24.6 Å². The first-order valence-electron chi connectivity index (χ1n) is 17.9. The summed E-state index contributed by atoms with van der Waals surface area (Å²) in [6.07, 6.45) is 5.88. The van der Waals surface area contributed by atoms with E-state index in [2.05, 4.69) is 38.2 Å². The molecule has 1 unspecified atom stereocenters. The molecule has 0 bridgehead atoms. The van der Waals surface area contributed by atoms with Gasteiger partial charge in [-0.05, 0) is 82.3 Å². The normalized spacial score (nSPS) is 16.8. The van der Waals surface area contributed by atoms with Crippen LogP contribution in [0.3, 0.4) is 0 Å². The minimum absolute atomic E-state index is 0.0276. The predicted octanol–water partition coefficient (Wildman–Crippen LogP) is 8.07. The van der Waals surface area contributed by atoms with Crippen LogP contribution in [0.15, 0.2) is 66.7 Å². The van der Waals surface area contributed by atoms with E-state index in [4.69, 9.17) is 14.2 Å². The van der Waals surface area contributed by atoms with E-state index in [1.807, 2.05) is 68.4 Å². The molecule has 2 atom stereocenters. The molecular formula is C41H52N2O7. The average molecular weight is 685 g/mol. The smallest absolute Gasteiger partial charge is 0.410 e. The number of carboxylic acids is 1. The second-order valence-corrected chi connectivity index (χ2v) is 15.2. The third-order valence-electron chi connectivity index (χ3n) is 9.59. The van der Waals surface area contributed by atoms with Gasteiger partial charge in [0.15, 0.2) is 0 Å². The number of benzene rings is 3. The lowest BCUT2D eigenvalue weighted by molar-refractivity contribution is -0.142. The second-order valence-electron chi connectivity index (χ2n) is 15.2. The number of amides is 2. The van der Waals surface area contributed by atoms with Gasteiger partial charge in [0.2, 0.25) is 5.91 Å². The lowest BCUT2D eigenvalue weighted by Gasteiger charge is -2.36. The lowest BCUT2D eigenvalue weighted by Crippen LogP contribution is -2.56. The minimum atomic E-state index is -1.19. The van der Waals surface area contributed by atoms with Crippen molar-refractivity contribution in [1.82, 2.24) is 10.2 Å². The fourth-order valence-electron chi connectivity index (χ4n) is 6.60. The first-order valence-corrected chi connectivity index (χ1v) is 17.9. The molecule has 1 saturated carbocycles. The molecule has 0 radical (unpaired) electrons. The number of nitrogens with one attached hydrogen (secondary N) is 1. The fourth-order valence-corrected chi connectivity index (χ4v) is 6.60. The maximum Gasteiger partial charge on any atom is 0.410 e. The van der Waals surface area contributed by atoms with Crippen LogP contribution < -0.4 is 14.8 Å². The molecule has 1 fully saturated rings. The standard InChI is InChI=1S/C41H52N2O7/c1-27(2)26-49-40(47)43-25-31-23-35(50-34-18-13-32(14-19-34)41(3,4)5)17-12-30(31)24-37(43)38(44)42-36(39(45)46)22-29-10-15-33(16-11-29)48-21-20-28-8-6-7-9-28/h10-19,23,27-28,36-37H,6-9,20-22,24-26H2,1-5H3,(H,42,44)(H,45,46)/t36?,37-/m0/s1. The van der Waals surface area contributed by atoms with Crippen LogP contribution in [0.2, 0.25) is 0 Å². The average Bonchev–Trinajstić information content (AvgIpc) is 3.60. The zero-order chi connectivity index (χ0) is 35.8. The molecule has 0 spiro atoms. The first kappa shape index (κ1) is 36.7. The van der Waals surface area contributed by atoms with Crippen molar-refractivity contribution >= 4 is 18.0 Å². The summed E-state index contributed by atoms with van der Waals surface area (Å²) in [6, 6.07) is 18.8. The summed E-state index contributed by atoms with van der Waals surface area (Å²) in [7, 11) is 0. The molecule has 3 aromatic rings. The van der Waals surface area contributed by atoms with Crippen LogP contribution in [0, 0.1) is 11.8 Å². The van der Waals surface area contributed by atoms with Crippen molar-refractivity contribution in [3.05, 3.63) is 89.0 Å². The SMILES string of the molecule is CC(C)COC(=O)N1Cc2cc(Oc3ccc(C(C)(C)C)cc3)ccc2C[C@H]1C(=O)NC(Cc1ccc(OCCC2CCCC2)cc1)C(=O)O. The van der Waals surface area contributed by atoms with Gasteiger partial charge in [-0.15, -0.1) is 0 Å². The van der Waals surface area contributed by atoms with Crippen LogP contribution in [-0.2, 0) is 39.1 Å². The van der Waals surface area contributed by atoms with Crippen molar-refractivity contribution < 1.29 is 33.7 Å². The summed E-state index contributed by atoms with van der Waals surface area (Å²) in [5.74, 6) is 1.20. The molecule has 2 aliphatic rings. The van der Waals surface area contributed by atoms with E-state index in [0.717, 1.165) is 34.8 Å². The number of hydrogen-bond donors (Lipinski definition) is 2. The fraction of sp³-hybridized carbons (Fsp3) is 0.488. The maximum absolute atomic E-state index is 13.8. The molecule has 1 aliphatic heterocycles. The number of carboxylic acid groups (broad SMARTS) is 1. The van der Waals surface area contributed by atoms with Crippen molar-refractivity contribution in [3.8, 4) is 17.2 Å². The van der Waals surface area contributed by atoms with Crippen LogP contribution in [0.4, 0.5) is 4.79 Å². The highest BCUT2D eigenvalue weighted by atomic mass is 16.6. The first-order chi connectivity index (χ1) is 23.9. The maximum atomic E-state index is 13.8. The van der Waals surface area contributed by atoms with Crippen molar-refractivity contribution in [3.63, 3.8) is 0 Å². The third-order valence-corrected chi connectivity index (χ3v) is 9.59. The molecule has 0 saturated heterocycles. The Balaban J connectivity index is 1.26. The van der Waals surface area contributed by atoms with Gasteiger partial charge in [0.25, 0.3) is 0 Å². The highest BCUT2D eigenvalue weighted by Crippen LogP contribution is 2.32. The van der Waals surface area contributed by atoms with Crippen LogP contribution in [0.1, 0.15) is 89.0 Å². The van der Waals surface area contributed by atoms with Gasteiger partial charge in [-0.1, -0.05) is 90.6 Å². The van der Waals surface area contributed by atoms with E-state index in [-0.39, 0.29) is 37.3 Å². The molecule has 268 valence electrons. The molecule has 2 N–H and O–H groups in total. The number of fused-ring (bicyclic) bond motifs is 1. The lowest BCUT2D eigenvalue weighted by atomic mass is 9.87. The Bertz CT molecular complexity index is 1610. The van der Waals surface area contributed by atoms with Gasteiger partial charge in [-0.2, -0.15) is 0 Å². The summed E-state index contributed by atoms with van der Waals surface area (Å²) in [5, 5.41) is 12.8. The Morgan fingerprint density at radius 3 is 2.20 bits per heavy atom. The highest BCUT2D eigenvalue weighted by Gasteiger charge is 2.37. The summed E-state index contributed by atoms with van der Waals surface area (Å²) in [6.45, 7) is 11.3. The van der Waals surface area contributed by atoms with Crippen molar-refractivity contribution in [2.24, 2.45) is 11.8 Å². The van der Waals surface area contributed by atoms with E-state index >= 15 is 0 Å². The summed E-state index contributed by atoms with van der Waals surface area (Å²) in [4.78, 5) is 40.9. The quantitative estimate of drug-likeness (QED) is 0.187. The van der Waals surface area contributed by atoms with Crippen molar-refractivity contribution in [2.75, 3.05) is 13.2 Å². The number of carbonyl (C=O) groups is 3. The Morgan fingerprint density at radius 1 is 0.900 bits per heavy atom. The molecule has 9 nitrogen and oxygen atoms in total. The van der Waals surface area contributed by atoms with E-state index in [0.29, 0.717) is 18.1 Å². The predicted molar refractivity (Wildman–Crippen MR) is 193 cm³/mol. The number of aliphatic carboxylic acids is 1. The summed E-state index contributed by atoms with van der Waals surface area (Å²) < 4.78 is 17.6. The Labute approximate surface area is 296 Å². The molecule has 1 aliphatic carbocycles. The van der Waals surface area contributed by atoms with Gasteiger partial charge in [-0.25, -0.2) is 9.59 Å². The third kappa shape index (κ3) is 10.0. The molecule has 0 aromatic heterocycles. The number of rotatable bonds is 13. The Hall–Kier alpha value is -4.53. The van der Waals surface area contributed by atoms with Gasteiger partial charge in [-0.3, -0.25) is 9.69 Å². The molecular weight excluding hydrogens is 632 g/mol. The van der Waals surface area contributed by atoms with Crippen LogP contribution in [0.25, 0.3) is 0 Å². The van der Waals surface area contributed by atoms with E-state index in [9.17, 15) is 19.5 Å². The monoisotopic (exact) mass is 684 g/mol. The van der Waals surface area contributed by atoms with Crippen molar-refractivity contribution in [1.29, 1.82) is 0 Å². The molecule has 5 rings (SSSR count). The molecule has 1 heterocycles.